The smallest absolute Gasteiger partial charge is 0.321 e. The lowest BCUT2D eigenvalue weighted by Crippen LogP contribution is -2.48. The second kappa shape index (κ2) is 12.9. The van der Waals surface area contributed by atoms with Crippen molar-refractivity contribution < 1.29 is 9.59 Å². The van der Waals surface area contributed by atoms with Gasteiger partial charge in [0.15, 0.2) is 0 Å². The Labute approximate surface area is 213 Å². The van der Waals surface area contributed by atoms with Crippen LogP contribution in [0.1, 0.15) is 24.8 Å². The van der Waals surface area contributed by atoms with E-state index in [9.17, 15) is 9.59 Å². The average molecular weight is 498 g/mol. The highest BCUT2D eigenvalue weighted by Crippen LogP contribution is 2.22. The summed E-state index contributed by atoms with van der Waals surface area (Å²) in [5, 5.41) is 6.59. The molecule has 2 aromatic rings. The summed E-state index contributed by atoms with van der Waals surface area (Å²) in [6, 6.07) is 17.7. The van der Waals surface area contributed by atoms with Crippen molar-refractivity contribution in [3.05, 3.63) is 65.2 Å². The molecule has 2 N–H and O–H groups in total. The fraction of sp³-hybridized carbons (Fsp3) is 0.481. The highest BCUT2D eigenvalue weighted by atomic mass is 35.5. The number of anilines is 1. The van der Waals surface area contributed by atoms with E-state index >= 15 is 0 Å². The number of carbonyl (C=O) groups is 2. The van der Waals surface area contributed by atoms with E-state index in [0.29, 0.717) is 42.7 Å². The van der Waals surface area contributed by atoms with Crippen molar-refractivity contribution in [1.29, 1.82) is 0 Å². The van der Waals surface area contributed by atoms with Crippen LogP contribution in [0.3, 0.4) is 0 Å². The molecule has 0 radical (unpaired) electrons. The topological polar surface area (TPSA) is 67.9 Å². The van der Waals surface area contributed by atoms with Crippen molar-refractivity contribution in [2.75, 3.05) is 57.7 Å². The maximum atomic E-state index is 12.5. The number of hydrogen-bond acceptors (Lipinski definition) is 4. The molecule has 0 bridgehead atoms. The molecule has 2 aliphatic heterocycles. The largest absolute Gasteiger partial charge is 0.355 e. The minimum absolute atomic E-state index is 0.112. The molecule has 2 heterocycles. The second-order valence-electron chi connectivity index (χ2n) is 9.53. The van der Waals surface area contributed by atoms with Crippen molar-refractivity contribution in [3.63, 3.8) is 0 Å². The normalized spacial score (nSPS) is 17.8. The minimum atomic E-state index is -0.112. The summed E-state index contributed by atoms with van der Waals surface area (Å²) in [5.74, 6) is 0.446. The molecule has 0 aromatic heterocycles. The summed E-state index contributed by atoms with van der Waals surface area (Å²) in [5.41, 5.74) is 2.06. The molecule has 7 nitrogen and oxygen atoms in total. The number of carbonyl (C=O) groups excluding carboxylic acids is 2. The van der Waals surface area contributed by atoms with Gasteiger partial charge in [-0.1, -0.05) is 48.0 Å². The fourth-order valence-electron chi connectivity index (χ4n) is 4.81. The summed E-state index contributed by atoms with van der Waals surface area (Å²) in [6.45, 7) is 8.13. The molecule has 2 aromatic carbocycles. The van der Waals surface area contributed by atoms with Crippen molar-refractivity contribution >= 4 is 29.2 Å². The van der Waals surface area contributed by atoms with E-state index in [1.807, 2.05) is 17.0 Å². The molecule has 2 saturated heterocycles. The van der Waals surface area contributed by atoms with Gasteiger partial charge in [-0.15, -0.1) is 0 Å². The molecule has 2 fully saturated rings. The number of rotatable bonds is 8. The van der Waals surface area contributed by atoms with Crippen LogP contribution in [0.15, 0.2) is 54.6 Å². The van der Waals surface area contributed by atoms with Gasteiger partial charge in [0.1, 0.15) is 0 Å². The van der Waals surface area contributed by atoms with E-state index in [2.05, 4.69) is 50.8 Å². The van der Waals surface area contributed by atoms with E-state index in [0.717, 1.165) is 52.1 Å². The Morgan fingerprint density at radius 2 is 1.60 bits per heavy atom. The predicted molar refractivity (Wildman–Crippen MR) is 141 cm³/mol. The van der Waals surface area contributed by atoms with Gasteiger partial charge in [0.05, 0.1) is 0 Å². The second-order valence-corrected chi connectivity index (χ2v) is 9.96. The third-order valence-corrected chi connectivity index (χ3v) is 7.15. The number of piperidine rings is 1. The lowest BCUT2D eigenvalue weighted by molar-refractivity contribution is -0.122. The van der Waals surface area contributed by atoms with E-state index < -0.39 is 0 Å². The first kappa shape index (κ1) is 25.5. The van der Waals surface area contributed by atoms with E-state index in [1.165, 1.54) is 5.56 Å². The first-order chi connectivity index (χ1) is 17.0. The maximum Gasteiger partial charge on any atom is 0.321 e. The standard InChI is InChI=1S/C27H36ClN5O2/c28-24-7-4-8-25(20-24)30-27(35)33-12-9-22(10-13-33)19-26(34)29-11-14-31-15-17-32(18-16-31)21-23-5-2-1-3-6-23/h1-8,20,22H,9-19,21H2,(H,29,34)(H,30,35). The number of likely N-dealkylation sites (tertiary alicyclic amines) is 1. The number of urea groups is 1. The number of nitrogens with zero attached hydrogens (tertiary/aromatic N) is 3. The van der Waals surface area contributed by atoms with E-state index in [-0.39, 0.29) is 11.9 Å². The third kappa shape index (κ3) is 8.23. The van der Waals surface area contributed by atoms with Crippen LogP contribution in [-0.4, -0.2) is 79.0 Å². The Hall–Kier alpha value is -2.61. The molecular formula is C27H36ClN5O2. The Kier molecular flexibility index (Phi) is 9.40. The van der Waals surface area contributed by atoms with Crippen LogP contribution in [0.4, 0.5) is 10.5 Å². The number of amides is 3. The van der Waals surface area contributed by atoms with Gasteiger partial charge < -0.3 is 15.5 Å². The highest BCUT2D eigenvalue weighted by molar-refractivity contribution is 6.30. The van der Waals surface area contributed by atoms with Gasteiger partial charge in [-0.05, 0) is 42.5 Å². The van der Waals surface area contributed by atoms with E-state index in [4.69, 9.17) is 11.6 Å². The lowest BCUT2D eigenvalue weighted by atomic mass is 9.93. The van der Waals surface area contributed by atoms with Gasteiger partial charge in [-0.3, -0.25) is 14.6 Å². The fourth-order valence-corrected chi connectivity index (χ4v) is 5.00. The Morgan fingerprint density at radius 3 is 2.31 bits per heavy atom. The lowest BCUT2D eigenvalue weighted by Gasteiger charge is -2.34. The summed E-state index contributed by atoms with van der Waals surface area (Å²) in [7, 11) is 0. The number of nitrogens with one attached hydrogen (secondary N) is 2. The zero-order chi connectivity index (χ0) is 24.5. The molecule has 0 unspecified atom stereocenters. The Bertz CT molecular complexity index is 957. The van der Waals surface area contributed by atoms with Crippen LogP contribution in [0, 0.1) is 5.92 Å². The molecule has 0 aliphatic carbocycles. The minimum Gasteiger partial charge on any atom is -0.355 e. The van der Waals surface area contributed by atoms with Crippen molar-refractivity contribution in [2.45, 2.75) is 25.8 Å². The van der Waals surface area contributed by atoms with Gasteiger partial charge >= 0.3 is 6.03 Å². The van der Waals surface area contributed by atoms with Crippen molar-refractivity contribution in [2.24, 2.45) is 5.92 Å². The summed E-state index contributed by atoms with van der Waals surface area (Å²) >= 11 is 5.99. The number of piperazine rings is 1. The van der Waals surface area contributed by atoms with Gasteiger partial charge in [-0.2, -0.15) is 0 Å². The van der Waals surface area contributed by atoms with Crippen LogP contribution in [-0.2, 0) is 11.3 Å². The van der Waals surface area contributed by atoms with Crippen molar-refractivity contribution in [1.82, 2.24) is 20.0 Å². The number of halogens is 1. The van der Waals surface area contributed by atoms with Crippen LogP contribution in [0.5, 0.6) is 0 Å². The van der Waals surface area contributed by atoms with Gasteiger partial charge in [0, 0.05) is 76.0 Å². The molecule has 0 spiro atoms. The highest BCUT2D eigenvalue weighted by Gasteiger charge is 2.24. The summed E-state index contributed by atoms with van der Waals surface area (Å²) in [4.78, 5) is 31.7. The van der Waals surface area contributed by atoms with Crippen LogP contribution < -0.4 is 10.6 Å². The van der Waals surface area contributed by atoms with Crippen LogP contribution >= 0.6 is 11.6 Å². The SMILES string of the molecule is O=C(CC1CCN(C(=O)Nc2cccc(Cl)c2)CC1)NCCN1CCN(Cc2ccccc2)CC1. The Balaban J connectivity index is 1.07. The molecule has 3 amide bonds. The first-order valence-electron chi connectivity index (χ1n) is 12.6. The summed E-state index contributed by atoms with van der Waals surface area (Å²) in [6.07, 6.45) is 2.23. The van der Waals surface area contributed by atoms with Gasteiger partial charge in [0.25, 0.3) is 0 Å². The number of hydrogen-bond donors (Lipinski definition) is 2. The zero-order valence-electron chi connectivity index (χ0n) is 20.3. The molecular weight excluding hydrogens is 462 g/mol. The quantitative estimate of drug-likeness (QED) is 0.580. The molecule has 35 heavy (non-hydrogen) atoms. The molecule has 2 aliphatic rings. The molecule has 0 atom stereocenters. The predicted octanol–water partition coefficient (Wildman–Crippen LogP) is 3.91. The van der Waals surface area contributed by atoms with Crippen LogP contribution in [0.25, 0.3) is 0 Å². The van der Waals surface area contributed by atoms with Gasteiger partial charge in [-0.25, -0.2) is 4.79 Å². The third-order valence-electron chi connectivity index (χ3n) is 6.92. The monoisotopic (exact) mass is 497 g/mol. The Morgan fingerprint density at radius 1 is 0.886 bits per heavy atom. The summed E-state index contributed by atoms with van der Waals surface area (Å²) < 4.78 is 0. The van der Waals surface area contributed by atoms with E-state index in [1.54, 1.807) is 12.1 Å². The molecule has 0 saturated carbocycles. The maximum absolute atomic E-state index is 12.5. The molecule has 4 rings (SSSR count). The molecule has 188 valence electrons. The number of benzene rings is 2. The first-order valence-corrected chi connectivity index (χ1v) is 13.0. The molecule has 8 heteroatoms. The van der Waals surface area contributed by atoms with Crippen molar-refractivity contribution in [3.8, 4) is 0 Å². The van der Waals surface area contributed by atoms with Crippen LogP contribution in [0.2, 0.25) is 5.02 Å². The average Bonchev–Trinajstić information content (AvgIpc) is 2.86. The zero-order valence-corrected chi connectivity index (χ0v) is 21.1. The van der Waals surface area contributed by atoms with Gasteiger partial charge in [0.2, 0.25) is 5.91 Å².